The maximum atomic E-state index is 5.80. The van der Waals surface area contributed by atoms with Crippen LogP contribution < -0.4 is 14.8 Å². The van der Waals surface area contributed by atoms with Crippen LogP contribution >= 0.6 is 0 Å². The number of nitrogens with one attached hydrogen (secondary N) is 1. The van der Waals surface area contributed by atoms with Crippen molar-refractivity contribution in [2.75, 3.05) is 19.8 Å². The molecule has 0 radical (unpaired) electrons. The molecular weight excluding hydrogens is 262 g/mol. The summed E-state index contributed by atoms with van der Waals surface area (Å²) in [7, 11) is 0. The third-order valence-electron chi connectivity index (χ3n) is 4.42. The molecule has 3 heteroatoms. The second kappa shape index (κ2) is 7.69. The SMILES string of the molecule is CCOc1cc2c(cc1OCC)[C@H](C(CC)CC)NCC2. The molecule has 3 nitrogen and oxygen atoms in total. The van der Waals surface area contributed by atoms with Crippen LogP contribution in [0.1, 0.15) is 57.7 Å². The normalized spacial score (nSPS) is 17.7. The zero-order valence-electron chi connectivity index (χ0n) is 13.9. The number of hydrogen-bond donors (Lipinski definition) is 1. The van der Waals surface area contributed by atoms with Crippen LogP contribution in [-0.2, 0) is 6.42 Å². The molecule has 118 valence electrons. The van der Waals surface area contributed by atoms with Gasteiger partial charge in [0, 0.05) is 6.04 Å². The van der Waals surface area contributed by atoms with Crippen LogP contribution in [0.3, 0.4) is 0 Å². The van der Waals surface area contributed by atoms with E-state index in [1.807, 2.05) is 13.8 Å². The van der Waals surface area contributed by atoms with Crippen LogP contribution in [-0.4, -0.2) is 19.8 Å². The average Bonchev–Trinajstić information content (AvgIpc) is 2.50. The molecule has 1 heterocycles. The third-order valence-corrected chi connectivity index (χ3v) is 4.42. The highest BCUT2D eigenvalue weighted by atomic mass is 16.5. The van der Waals surface area contributed by atoms with Gasteiger partial charge in [-0.1, -0.05) is 26.7 Å². The molecule has 0 fully saturated rings. The van der Waals surface area contributed by atoms with E-state index in [0.717, 1.165) is 24.5 Å². The van der Waals surface area contributed by atoms with Crippen molar-refractivity contribution in [1.82, 2.24) is 5.32 Å². The molecule has 0 unspecified atom stereocenters. The Morgan fingerprint density at radius 3 is 2.24 bits per heavy atom. The minimum atomic E-state index is 0.443. The van der Waals surface area contributed by atoms with E-state index in [1.165, 1.54) is 24.0 Å². The molecule has 1 aliphatic rings. The highest BCUT2D eigenvalue weighted by molar-refractivity contribution is 5.49. The van der Waals surface area contributed by atoms with Gasteiger partial charge in [0.15, 0.2) is 11.5 Å². The van der Waals surface area contributed by atoms with Crippen LogP contribution in [0.2, 0.25) is 0 Å². The van der Waals surface area contributed by atoms with E-state index in [4.69, 9.17) is 9.47 Å². The van der Waals surface area contributed by atoms with Crippen molar-refractivity contribution in [1.29, 1.82) is 0 Å². The Kier molecular flexibility index (Phi) is 5.92. The lowest BCUT2D eigenvalue weighted by molar-refractivity contribution is 0.283. The van der Waals surface area contributed by atoms with Gasteiger partial charge in [-0.2, -0.15) is 0 Å². The first-order valence-corrected chi connectivity index (χ1v) is 8.40. The highest BCUT2D eigenvalue weighted by Crippen LogP contribution is 2.39. The molecule has 1 atom stereocenters. The fraction of sp³-hybridized carbons (Fsp3) is 0.667. The topological polar surface area (TPSA) is 30.5 Å². The molecule has 1 aromatic carbocycles. The number of hydrogen-bond acceptors (Lipinski definition) is 3. The lowest BCUT2D eigenvalue weighted by Crippen LogP contribution is -2.34. The Balaban J connectivity index is 2.40. The van der Waals surface area contributed by atoms with Gasteiger partial charge >= 0.3 is 0 Å². The van der Waals surface area contributed by atoms with Gasteiger partial charge in [0.2, 0.25) is 0 Å². The molecule has 1 N–H and O–H groups in total. The quantitative estimate of drug-likeness (QED) is 0.820. The summed E-state index contributed by atoms with van der Waals surface area (Å²) < 4.78 is 11.6. The fourth-order valence-corrected chi connectivity index (χ4v) is 3.31. The molecule has 0 saturated carbocycles. The van der Waals surface area contributed by atoms with Crippen molar-refractivity contribution in [2.45, 2.75) is 53.0 Å². The minimum Gasteiger partial charge on any atom is -0.490 e. The summed E-state index contributed by atoms with van der Waals surface area (Å²) in [4.78, 5) is 0. The van der Waals surface area contributed by atoms with Gasteiger partial charge in [-0.3, -0.25) is 0 Å². The molecule has 21 heavy (non-hydrogen) atoms. The van der Waals surface area contributed by atoms with Crippen molar-refractivity contribution in [2.24, 2.45) is 5.92 Å². The van der Waals surface area contributed by atoms with Gasteiger partial charge in [0.05, 0.1) is 13.2 Å². The maximum absolute atomic E-state index is 5.80. The highest BCUT2D eigenvalue weighted by Gasteiger charge is 2.27. The van der Waals surface area contributed by atoms with Crippen molar-refractivity contribution in [3.63, 3.8) is 0 Å². The predicted molar refractivity (Wildman–Crippen MR) is 87.3 cm³/mol. The lowest BCUT2D eigenvalue weighted by Gasteiger charge is -2.33. The molecule has 0 spiro atoms. The second-order valence-corrected chi connectivity index (χ2v) is 5.62. The Labute approximate surface area is 129 Å². The standard InChI is InChI=1S/C18H29NO2/c1-5-13(6-2)18-15-12-17(21-8-4)16(20-7-3)11-14(15)9-10-19-18/h11-13,18-19H,5-10H2,1-4H3/t18-/m0/s1. The zero-order valence-corrected chi connectivity index (χ0v) is 13.9. The lowest BCUT2D eigenvalue weighted by atomic mass is 9.83. The summed E-state index contributed by atoms with van der Waals surface area (Å²) in [5.41, 5.74) is 2.82. The van der Waals surface area contributed by atoms with Gasteiger partial charge < -0.3 is 14.8 Å². The van der Waals surface area contributed by atoms with Crippen molar-refractivity contribution < 1.29 is 9.47 Å². The Hall–Kier alpha value is -1.22. The Bertz CT molecular complexity index is 455. The molecule has 1 aromatic rings. The van der Waals surface area contributed by atoms with Crippen LogP contribution in [0.4, 0.5) is 0 Å². The molecule has 0 bridgehead atoms. The largest absolute Gasteiger partial charge is 0.490 e. The number of ether oxygens (including phenoxy) is 2. The van der Waals surface area contributed by atoms with Gasteiger partial charge in [-0.05, 0) is 56.0 Å². The van der Waals surface area contributed by atoms with E-state index in [0.29, 0.717) is 25.2 Å². The first-order chi connectivity index (χ1) is 10.2. The maximum Gasteiger partial charge on any atom is 0.161 e. The van der Waals surface area contributed by atoms with Gasteiger partial charge in [-0.15, -0.1) is 0 Å². The summed E-state index contributed by atoms with van der Waals surface area (Å²) in [6, 6.07) is 4.84. The summed E-state index contributed by atoms with van der Waals surface area (Å²) in [5.74, 6) is 2.46. The Morgan fingerprint density at radius 2 is 1.67 bits per heavy atom. The van der Waals surface area contributed by atoms with E-state index in [1.54, 1.807) is 0 Å². The molecule has 0 amide bonds. The molecule has 0 aliphatic carbocycles. The molecule has 1 aliphatic heterocycles. The van der Waals surface area contributed by atoms with Crippen LogP contribution in [0.5, 0.6) is 11.5 Å². The van der Waals surface area contributed by atoms with Crippen LogP contribution in [0.15, 0.2) is 12.1 Å². The zero-order chi connectivity index (χ0) is 15.2. The number of benzene rings is 1. The van der Waals surface area contributed by atoms with Crippen LogP contribution in [0, 0.1) is 5.92 Å². The second-order valence-electron chi connectivity index (χ2n) is 5.62. The smallest absolute Gasteiger partial charge is 0.161 e. The third kappa shape index (κ3) is 3.52. The average molecular weight is 291 g/mol. The first kappa shape index (κ1) is 16.2. The molecule has 2 rings (SSSR count). The predicted octanol–water partition coefficient (Wildman–Crippen LogP) is 4.11. The minimum absolute atomic E-state index is 0.443. The molecule has 0 aromatic heterocycles. The number of fused-ring (bicyclic) bond motifs is 1. The van der Waals surface area contributed by atoms with E-state index in [9.17, 15) is 0 Å². The van der Waals surface area contributed by atoms with Crippen molar-refractivity contribution in [3.8, 4) is 11.5 Å². The molecule has 0 saturated heterocycles. The molecular formula is C18H29NO2. The van der Waals surface area contributed by atoms with Crippen LogP contribution in [0.25, 0.3) is 0 Å². The number of rotatable bonds is 7. The van der Waals surface area contributed by atoms with E-state index >= 15 is 0 Å². The van der Waals surface area contributed by atoms with Gasteiger partial charge in [-0.25, -0.2) is 0 Å². The summed E-state index contributed by atoms with van der Waals surface area (Å²) >= 11 is 0. The van der Waals surface area contributed by atoms with Crippen molar-refractivity contribution >= 4 is 0 Å². The van der Waals surface area contributed by atoms with E-state index < -0.39 is 0 Å². The van der Waals surface area contributed by atoms with Crippen molar-refractivity contribution in [3.05, 3.63) is 23.3 Å². The Morgan fingerprint density at radius 1 is 1.05 bits per heavy atom. The van der Waals surface area contributed by atoms with Gasteiger partial charge in [0.1, 0.15) is 0 Å². The summed E-state index contributed by atoms with van der Waals surface area (Å²) in [5, 5.41) is 3.70. The summed E-state index contributed by atoms with van der Waals surface area (Å²) in [6.07, 6.45) is 3.47. The fourth-order valence-electron chi connectivity index (χ4n) is 3.31. The first-order valence-electron chi connectivity index (χ1n) is 8.40. The summed E-state index contributed by atoms with van der Waals surface area (Å²) in [6.45, 7) is 11.0. The van der Waals surface area contributed by atoms with E-state index in [-0.39, 0.29) is 0 Å². The monoisotopic (exact) mass is 291 g/mol. The van der Waals surface area contributed by atoms with E-state index in [2.05, 4.69) is 31.3 Å². The van der Waals surface area contributed by atoms with Gasteiger partial charge in [0.25, 0.3) is 0 Å².